The molecule has 1 amide bonds. The van der Waals surface area contributed by atoms with E-state index in [4.69, 9.17) is 13.7 Å². The molecule has 3 heterocycles. The summed E-state index contributed by atoms with van der Waals surface area (Å²) in [6, 6.07) is 19.3. The number of para-hydroxylation sites is 1. The van der Waals surface area contributed by atoms with Gasteiger partial charge >= 0.3 is 0 Å². The number of piperazine rings is 1. The van der Waals surface area contributed by atoms with Gasteiger partial charge in [0.25, 0.3) is 5.91 Å². The molecule has 8 nitrogen and oxygen atoms in total. The number of carbonyl (C=O) groups excluding carboxylic acids is 1. The third-order valence-corrected chi connectivity index (χ3v) is 5.87. The first-order valence-electron chi connectivity index (χ1n) is 11.3. The second kappa shape index (κ2) is 9.93. The SMILES string of the molecule is Cc1ccc(-c2noc(CN3CCN(C(=O)c4occc4COc4ccccc4)CC3)n2)cc1. The maximum Gasteiger partial charge on any atom is 0.290 e. The Hall–Kier alpha value is -3.91. The minimum atomic E-state index is -0.115. The molecule has 0 aliphatic carbocycles. The van der Waals surface area contributed by atoms with Crippen LogP contribution < -0.4 is 4.74 Å². The lowest BCUT2D eigenvalue weighted by atomic mass is 10.1. The van der Waals surface area contributed by atoms with E-state index in [9.17, 15) is 4.79 Å². The Morgan fingerprint density at radius 1 is 1.00 bits per heavy atom. The van der Waals surface area contributed by atoms with E-state index in [-0.39, 0.29) is 12.5 Å². The van der Waals surface area contributed by atoms with Gasteiger partial charge in [0.1, 0.15) is 12.4 Å². The smallest absolute Gasteiger partial charge is 0.290 e. The highest BCUT2D eigenvalue weighted by Gasteiger charge is 2.27. The average molecular weight is 459 g/mol. The number of hydrogen-bond donors (Lipinski definition) is 0. The van der Waals surface area contributed by atoms with Crippen molar-refractivity contribution in [3.63, 3.8) is 0 Å². The molecule has 0 atom stereocenters. The van der Waals surface area contributed by atoms with Gasteiger partial charge in [-0.25, -0.2) is 0 Å². The largest absolute Gasteiger partial charge is 0.489 e. The van der Waals surface area contributed by atoms with E-state index in [0.29, 0.717) is 50.2 Å². The Morgan fingerprint density at radius 2 is 1.76 bits per heavy atom. The molecule has 0 bridgehead atoms. The summed E-state index contributed by atoms with van der Waals surface area (Å²) in [5.74, 6) is 2.13. The Kier molecular flexibility index (Phi) is 6.40. The lowest BCUT2D eigenvalue weighted by Gasteiger charge is -2.33. The molecule has 8 heteroatoms. The molecule has 174 valence electrons. The number of benzene rings is 2. The molecule has 1 aliphatic rings. The molecule has 1 fully saturated rings. The number of ether oxygens (including phenoxy) is 1. The molecular formula is C26H26N4O4. The van der Waals surface area contributed by atoms with Gasteiger partial charge in [-0.05, 0) is 25.1 Å². The van der Waals surface area contributed by atoms with Crippen LogP contribution in [0.15, 0.2) is 75.9 Å². The molecule has 2 aromatic carbocycles. The lowest BCUT2D eigenvalue weighted by Crippen LogP contribution is -2.48. The first-order valence-corrected chi connectivity index (χ1v) is 11.3. The van der Waals surface area contributed by atoms with Crippen LogP contribution in [0.5, 0.6) is 5.75 Å². The van der Waals surface area contributed by atoms with Crippen LogP contribution >= 0.6 is 0 Å². The summed E-state index contributed by atoms with van der Waals surface area (Å²) in [5.41, 5.74) is 2.86. The predicted octanol–water partition coefficient (Wildman–Crippen LogP) is 4.18. The Morgan fingerprint density at radius 3 is 2.53 bits per heavy atom. The fourth-order valence-electron chi connectivity index (χ4n) is 3.90. The zero-order chi connectivity index (χ0) is 23.3. The van der Waals surface area contributed by atoms with Crippen molar-refractivity contribution in [1.82, 2.24) is 19.9 Å². The second-order valence-corrected chi connectivity index (χ2v) is 8.32. The van der Waals surface area contributed by atoms with Crippen molar-refractivity contribution >= 4 is 5.91 Å². The number of aromatic nitrogens is 2. The first kappa shape index (κ1) is 21.9. The van der Waals surface area contributed by atoms with Gasteiger partial charge in [0.2, 0.25) is 11.7 Å². The summed E-state index contributed by atoms with van der Waals surface area (Å²) in [4.78, 5) is 21.6. The number of nitrogens with zero attached hydrogens (tertiary/aromatic N) is 4. The van der Waals surface area contributed by atoms with Crippen LogP contribution in [0.2, 0.25) is 0 Å². The molecule has 1 aliphatic heterocycles. The third kappa shape index (κ3) is 5.02. The number of aryl methyl sites for hydroxylation is 1. The molecule has 0 spiro atoms. The fraction of sp³-hybridized carbons (Fsp3) is 0.269. The quantitative estimate of drug-likeness (QED) is 0.411. The Balaban J connectivity index is 1.14. The van der Waals surface area contributed by atoms with Gasteiger partial charge in [0.05, 0.1) is 12.8 Å². The number of hydrogen-bond acceptors (Lipinski definition) is 7. The van der Waals surface area contributed by atoms with E-state index >= 15 is 0 Å². The van der Waals surface area contributed by atoms with Crippen molar-refractivity contribution in [2.45, 2.75) is 20.1 Å². The highest BCUT2D eigenvalue weighted by Crippen LogP contribution is 2.20. The molecule has 1 saturated heterocycles. The van der Waals surface area contributed by atoms with Crippen LogP contribution in [0.3, 0.4) is 0 Å². The Labute approximate surface area is 197 Å². The number of carbonyl (C=O) groups is 1. The van der Waals surface area contributed by atoms with E-state index in [1.54, 1.807) is 6.07 Å². The standard InChI is InChI=1S/C26H26N4O4/c1-19-7-9-20(10-8-19)25-27-23(34-28-25)17-29-12-14-30(15-13-29)26(31)24-21(11-16-32-24)18-33-22-5-3-2-4-6-22/h2-11,16H,12-15,17-18H2,1H3. The number of rotatable bonds is 7. The van der Waals surface area contributed by atoms with Crippen LogP contribution in [0.25, 0.3) is 11.4 Å². The maximum atomic E-state index is 13.1. The van der Waals surface area contributed by atoms with Crippen molar-refractivity contribution in [1.29, 1.82) is 0 Å². The normalized spacial score (nSPS) is 14.3. The molecule has 0 saturated carbocycles. The molecule has 5 rings (SSSR count). The minimum Gasteiger partial charge on any atom is -0.489 e. The van der Waals surface area contributed by atoms with Crippen LogP contribution in [0.4, 0.5) is 0 Å². The molecule has 0 N–H and O–H groups in total. The van der Waals surface area contributed by atoms with Gasteiger partial charge in [-0.3, -0.25) is 9.69 Å². The fourth-order valence-corrected chi connectivity index (χ4v) is 3.90. The summed E-state index contributed by atoms with van der Waals surface area (Å²) in [5, 5.41) is 4.11. The zero-order valence-corrected chi connectivity index (χ0v) is 19.0. The summed E-state index contributed by atoms with van der Waals surface area (Å²) in [6.45, 7) is 5.49. The lowest BCUT2D eigenvalue weighted by molar-refractivity contribution is 0.0581. The maximum absolute atomic E-state index is 13.1. The first-order chi connectivity index (χ1) is 16.7. The van der Waals surface area contributed by atoms with Gasteiger partial charge in [-0.2, -0.15) is 4.98 Å². The predicted molar refractivity (Wildman–Crippen MR) is 125 cm³/mol. The van der Waals surface area contributed by atoms with Crippen molar-refractivity contribution in [3.8, 4) is 17.1 Å². The van der Waals surface area contributed by atoms with Crippen molar-refractivity contribution < 1.29 is 18.5 Å². The minimum absolute atomic E-state index is 0.115. The molecular weight excluding hydrogens is 432 g/mol. The van der Waals surface area contributed by atoms with Crippen molar-refractivity contribution in [2.75, 3.05) is 26.2 Å². The summed E-state index contributed by atoms with van der Waals surface area (Å²) < 4.78 is 16.8. The highest BCUT2D eigenvalue weighted by atomic mass is 16.5. The van der Waals surface area contributed by atoms with Crippen molar-refractivity contribution in [3.05, 3.63) is 89.7 Å². The van der Waals surface area contributed by atoms with Gasteiger partial charge in [-0.15, -0.1) is 0 Å². The van der Waals surface area contributed by atoms with E-state index in [1.165, 1.54) is 11.8 Å². The number of amides is 1. The molecule has 34 heavy (non-hydrogen) atoms. The van der Waals surface area contributed by atoms with E-state index < -0.39 is 0 Å². The van der Waals surface area contributed by atoms with E-state index in [2.05, 4.69) is 15.0 Å². The van der Waals surface area contributed by atoms with Gasteiger partial charge in [-0.1, -0.05) is 53.2 Å². The summed E-state index contributed by atoms with van der Waals surface area (Å²) >= 11 is 0. The van der Waals surface area contributed by atoms with Crippen LogP contribution in [-0.4, -0.2) is 52.0 Å². The summed E-state index contributed by atoms with van der Waals surface area (Å²) in [7, 11) is 0. The van der Waals surface area contributed by atoms with Gasteiger partial charge < -0.3 is 18.6 Å². The van der Waals surface area contributed by atoms with Gasteiger partial charge in [0.15, 0.2) is 5.76 Å². The van der Waals surface area contributed by atoms with Gasteiger partial charge in [0, 0.05) is 37.3 Å². The molecule has 0 unspecified atom stereocenters. The average Bonchev–Trinajstić information content (AvgIpc) is 3.54. The number of furan rings is 1. The summed E-state index contributed by atoms with van der Waals surface area (Å²) in [6.07, 6.45) is 1.54. The highest BCUT2D eigenvalue weighted by molar-refractivity contribution is 5.93. The van der Waals surface area contributed by atoms with E-state index in [1.807, 2.05) is 66.4 Å². The zero-order valence-electron chi connectivity index (χ0n) is 19.0. The van der Waals surface area contributed by atoms with Crippen molar-refractivity contribution in [2.24, 2.45) is 0 Å². The molecule has 0 radical (unpaired) electrons. The van der Waals surface area contributed by atoms with E-state index in [0.717, 1.165) is 16.9 Å². The molecule has 4 aromatic rings. The topological polar surface area (TPSA) is 84.8 Å². The third-order valence-electron chi connectivity index (χ3n) is 5.87. The monoisotopic (exact) mass is 458 g/mol. The van der Waals surface area contributed by atoms with Crippen LogP contribution in [0.1, 0.15) is 27.6 Å². The Bertz CT molecular complexity index is 1230. The van der Waals surface area contributed by atoms with Crippen LogP contribution in [-0.2, 0) is 13.2 Å². The second-order valence-electron chi connectivity index (χ2n) is 8.32. The molecule has 2 aromatic heterocycles. The van der Waals surface area contributed by atoms with Crippen LogP contribution in [0, 0.1) is 6.92 Å².